The van der Waals surface area contributed by atoms with E-state index < -0.39 is 10.0 Å². The van der Waals surface area contributed by atoms with Crippen molar-refractivity contribution in [3.05, 3.63) is 77.1 Å². The number of hydrogen-bond donors (Lipinski definition) is 0. The molecular weight excluding hydrogens is 415 g/mol. The first-order valence-electron chi connectivity index (χ1n) is 10.6. The van der Waals surface area contributed by atoms with Gasteiger partial charge in [0.15, 0.2) is 0 Å². The molecule has 0 amide bonds. The van der Waals surface area contributed by atoms with Gasteiger partial charge in [-0.2, -0.15) is 9.40 Å². The average molecular weight is 443 g/mol. The quantitative estimate of drug-likeness (QED) is 0.581. The minimum absolute atomic E-state index is 0.0601. The second kappa shape index (κ2) is 8.88. The fourth-order valence-corrected chi connectivity index (χ4v) is 5.77. The van der Waals surface area contributed by atoms with E-state index in [0.717, 1.165) is 29.7 Å². The summed E-state index contributed by atoms with van der Waals surface area (Å²) in [6, 6.07) is 10.5. The molecule has 0 spiro atoms. The normalized spacial score (nSPS) is 17.7. The first-order chi connectivity index (χ1) is 14.9. The third-order valence-electron chi connectivity index (χ3n) is 5.81. The van der Waals surface area contributed by atoms with Crippen molar-refractivity contribution in [2.75, 3.05) is 13.1 Å². The summed E-state index contributed by atoms with van der Waals surface area (Å²) in [5.74, 6) is -0.184. The summed E-state index contributed by atoms with van der Waals surface area (Å²) in [5, 5.41) is 4.29. The summed E-state index contributed by atoms with van der Waals surface area (Å²) >= 11 is 0. The van der Waals surface area contributed by atoms with Crippen molar-refractivity contribution in [3.63, 3.8) is 0 Å². The maximum absolute atomic E-state index is 13.2. The van der Waals surface area contributed by atoms with Crippen LogP contribution in [0, 0.1) is 12.7 Å². The predicted molar refractivity (Wildman–Crippen MR) is 117 cm³/mol. The third-order valence-corrected chi connectivity index (χ3v) is 7.78. The molecular formula is C23H27FN4O2S. The van der Waals surface area contributed by atoms with Crippen LogP contribution in [0.4, 0.5) is 4.39 Å². The number of hydrogen-bond acceptors (Lipinski definition) is 4. The lowest BCUT2D eigenvalue weighted by atomic mass is 9.95. The Balaban J connectivity index is 1.48. The van der Waals surface area contributed by atoms with Gasteiger partial charge in [-0.15, -0.1) is 0 Å². The number of pyridine rings is 1. The Hall–Kier alpha value is -2.58. The number of benzene rings is 1. The van der Waals surface area contributed by atoms with Crippen molar-refractivity contribution in [3.8, 4) is 0 Å². The number of nitrogens with zero attached hydrogens (tertiary/aromatic N) is 4. The van der Waals surface area contributed by atoms with E-state index in [2.05, 4.69) is 10.1 Å². The molecule has 0 bridgehead atoms. The van der Waals surface area contributed by atoms with E-state index in [1.165, 1.54) is 12.1 Å². The van der Waals surface area contributed by atoms with E-state index in [9.17, 15) is 12.8 Å². The van der Waals surface area contributed by atoms with Crippen LogP contribution in [0.15, 0.2) is 53.7 Å². The zero-order chi connectivity index (χ0) is 22.0. The molecule has 1 saturated heterocycles. The van der Waals surface area contributed by atoms with Crippen LogP contribution in [0.2, 0.25) is 0 Å². The summed E-state index contributed by atoms with van der Waals surface area (Å²) in [4.78, 5) is 4.92. The average Bonchev–Trinajstić information content (AvgIpc) is 3.18. The van der Waals surface area contributed by atoms with Gasteiger partial charge < -0.3 is 0 Å². The molecule has 0 aliphatic carbocycles. The van der Waals surface area contributed by atoms with Crippen molar-refractivity contribution >= 4 is 10.0 Å². The van der Waals surface area contributed by atoms with Crippen molar-refractivity contribution in [2.45, 2.75) is 50.5 Å². The number of aromatic nitrogens is 3. The van der Waals surface area contributed by atoms with Crippen LogP contribution < -0.4 is 0 Å². The minimum Gasteiger partial charge on any atom is -0.271 e. The fraction of sp³-hybridized carbons (Fsp3) is 0.391. The van der Waals surface area contributed by atoms with Gasteiger partial charge >= 0.3 is 0 Å². The van der Waals surface area contributed by atoms with Crippen molar-refractivity contribution in [1.82, 2.24) is 19.1 Å². The third kappa shape index (κ3) is 4.70. The number of rotatable bonds is 6. The molecule has 0 radical (unpaired) electrons. The standard InChI is InChI=1S/C23H27FN4O2S/c1-3-27-16-23(17(2)26-27)31(29,30)28-12-4-5-20(15-28)22-11-8-19(14-25-22)13-18-6-9-21(24)10-7-18/h6-11,14,16,20H,3-5,12-13,15H2,1-2H3/t20-/m1/s1. The fourth-order valence-electron chi connectivity index (χ4n) is 4.08. The molecule has 0 unspecified atom stereocenters. The Morgan fingerprint density at radius 2 is 1.87 bits per heavy atom. The van der Waals surface area contributed by atoms with Crippen molar-refractivity contribution < 1.29 is 12.8 Å². The molecule has 8 heteroatoms. The SMILES string of the molecule is CCn1cc(S(=O)(=O)N2CCC[C@@H](c3ccc(Cc4ccc(F)cc4)cn3)C2)c(C)n1. The Kier molecular flexibility index (Phi) is 6.20. The van der Waals surface area contributed by atoms with E-state index in [4.69, 9.17) is 0 Å². The van der Waals surface area contributed by atoms with Gasteiger partial charge in [-0.05, 0) is 62.4 Å². The Morgan fingerprint density at radius 1 is 1.13 bits per heavy atom. The highest BCUT2D eigenvalue weighted by molar-refractivity contribution is 7.89. The number of sulfonamides is 1. The second-order valence-corrected chi connectivity index (χ2v) is 9.94. The Morgan fingerprint density at radius 3 is 2.52 bits per heavy atom. The highest BCUT2D eigenvalue weighted by Gasteiger charge is 2.33. The summed E-state index contributed by atoms with van der Waals surface area (Å²) in [6.45, 7) is 5.24. The van der Waals surface area contributed by atoms with Crippen LogP contribution in [-0.4, -0.2) is 40.6 Å². The Bertz CT molecular complexity index is 1140. The van der Waals surface area contributed by atoms with E-state index in [1.54, 1.807) is 34.2 Å². The lowest BCUT2D eigenvalue weighted by Gasteiger charge is -2.31. The molecule has 2 aromatic heterocycles. The van der Waals surface area contributed by atoms with Crippen LogP contribution in [0.3, 0.4) is 0 Å². The van der Waals surface area contributed by atoms with Crippen LogP contribution in [-0.2, 0) is 23.0 Å². The molecule has 1 fully saturated rings. The van der Waals surface area contributed by atoms with E-state index >= 15 is 0 Å². The molecule has 3 aromatic rings. The van der Waals surface area contributed by atoms with Crippen LogP contribution >= 0.6 is 0 Å². The molecule has 1 aromatic carbocycles. The highest BCUT2D eigenvalue weighted by atomic mass is 32.2. The monoisotopic (exact) mass is 442 g/mol. The van der Waals surface area contributed by atoms with E-state index in [-0.39, 0.29) is 16.6 Å². The minimum atomic E-state index is -3.58. The lowest BCUT2D eigenvalue weighted by Crippen LogP contribution is -2.39. The van der Waals surface area contributed by atoms with Crippen LogP contribution in [0.1, 0.15) is 48.2 Å². The van der Waals surface area contributed by atoms with Gasteiger partial charge in [0.2, 0.25) is 10.0 Å². The lowest BCUT2D eigenvalue weighted by molar-refractivity contribution is 0.312. The first kappa shape index (κ1) is 21.6. The largest absolute Gasteiger partial charge is 0.271 e. The van der Waals surface area contributed by atoms with E-state index in [1.807, 2.05) is 25.3 Å². The predicted octanol–water partition coefficient (Wildman–Crippen LogP) is 3.90. The van der Waals surface area contributed by atoms with Crippen molar-refractivity contribution in [2.24, 2.45) is 0 Å². The summed E-state index contributed by atoms with van der Waals surface area (Å²) < 4.78 is 42.8. The maximum Gasteiger partial charge on any atom is 0.246 e. The maximum atomic E-state index is 13.2. The highest BCUT2D eigenvalue weighted by Crippen LogP contribution is 2.30. The molecule has 1 aliphatic heterocycles. The molecule has 4 rings (SSSR count). The molecule has 164 valence electrons. The number of aryl methyl sites for hydroxylation is 2. The first-order valence-corrected chi connectivity index (χ1v) is 12.0. The van der Waals surface area contributed by atoms with Crippen LogP contribution in [0.5, 0.6) is 0 Å². The topological polar surface area (TPSA) is 68.1 Å². The van der Waals surface area contributed by atoms with Crippen LogP contribution in [0.25, 0.3) is 0 Å². The molecule has 3 heterocycles. The molecule has 6 nitrogen and oxygen atoms in total. The molecule has 31 heavy (non-hydrogen) atoms. The Labute approximate surface area is 182 Å². The molecule has 0 saturated carbocycles. The van der Waals surface area contributed by atoms with Gasteiger partial charge in [-0.3, -0.25) is 9.67 Å². The zero-order valence-corrected chi connectivity index (χ0v) is 18.6. The van der Waals surface area contributed by atoms with Gasteiger partial charge in [0.1, 0.15) is 10.7 Å². The number of halogens is 1. The zero-order valence-electron chi connectivity index (χ0n) is 17.8. The van der Waals surface area contributed by atoms with Gasteiger partial charge in [0.25, 0.3) is 0 Å². The molecule has 1 aliphatic rings. The number of piperidine rings is 1. The molecule has 0 N–H and O–H groups in total. The smallest absolute Gasteiger partial charge is 0.246 e. The molecule has 1 atom stereocenters. The van der Waals surface area contributed by atoms with Gasteiger partial charge in [-0.25, -0.2) is 12.8 Å². The van der Waals surface area contributed by atoms with Crippen molar-refractivity contribution in [1.29, 1.82) is 0 Å². The van der Waals surface area contributed by atoms with Gasteiger partial charge in [-0.1, -0.05) is 18.2 Å². The van der Waals surface area contributed by atoms with E-state index in [0.29, 0.717) is 31.7 Å². The van der Waals surface area contributed by atoms with Gasteiger partial charge in [0.05, 0.1) is 5.69 Å². The van der Waals surface area contributed by atoms with Gasteiger partial charge in [0, 0.05) is 43.6 Å². The second-order valence-electron chi connectivity index (χ2n) is 8.03. The summed E-state index contributed by atoms with van der Waals surface area (Å²) in [5.41, 5.74) is 3.50. The summed E-state index contributed by atoms with van der Waals surface area (Å²) in [6.07, 6.45) is 5.84. The summed E-state index contributed by atoms with van der Waals surface area (Å²) in [7, 11) is -3.58.